The molecule has 0 radical (unpaired) electrons. The third-order valence-electron chi connectivity index (χ3n) is 4.31. The smallest absolute Gasteiger partial charge is 0.269 e. The van der Waals surface area contributed by atoms with Gasteiger partial charge in [-0.3, -0.25) is 19.3 Å². The first kappa shape index (κ1) is 18.0. The molecular weight excluding hydrogens is 374 g/mol. The van der Waals surface area contributed by atoms with Gasteiger partial charge in [-0.25, -0.2) is 4.98 Å². The fraction of sp³-hybridized carbons (Fsp3) is 0.100. The van der Waals surface area contributed by atoms with Gasteiger partial charge in [0.2, 0.25) is 5.91 Å². The molecule has 0 aliphatic carbocycles. The molecule has 2 aromatic heterocycles. The number of anilines is 1. The summed E-state index contributed by atoms with van der Waals surface area (Å²) in [5.41, 5.74) is 1.68. The Hall–Kier alpha value is -3.39. The van der Waals surface area contributed by atoms with Crippen LogP contribution in [0.1, 0.15) is 0 Å². The van der Waals surface area contributed by atoms with Gasteiger partial charge >= 0.3 is 0 Å². The van der Waals surface area contributed by atoms with Gasteiger partial charge in [0, 0.05) is 12.7 Å². The molecule has 0 aliphatic rings. The molecule has 28 heavy (non-hydrogen) atoms. The van der Waals surface area contributed by atoms with E-state index in [-0.39, 0.29) is 17.2 Å². The lowest BCUT2D eigenvalue weighted by Gasteiger charge is -2.17. The summed E-state index contributed by atoms with van der Waals surface area (Å²) in [7, 11) is 1.73. The van der Waals surface area contributed by atoms with E-state index in [4.69, 9.17) is 0 Å². The molecular formula is C20H17N5O2S. The average Bonchev–Trinajstić information content (AvgIpc) is 3.22. The summed E-state index contributed by atoms with van der Waals surface area (Å²) >= 11 is 1.22. The van der Waals surface area contributed by atoms with E-state index in [1.54, 1.807) is 11.9 Å². The molecule has 4 rings (SSSR count). The predicted octanol–water partition coefficient (Wildman–Crippen LogP) is 2.86. The second-order valence-corrected chi connectivity index (χ2v) is 7.02. The van der Waals surface area contributed by atoms with Crippen molar-refractivity contribution in [1.29, 1.82) is 0 Å². The molecule has 4 aromatic rings. The van der Waals surface area contributed by atoms with Gasteiger partial charge < -0.3 is 4.90 Å². The SMILES string of the molecule is CN(C(=O)CSc1nc2[nH]ncc2c(=O)n1-c1ccccc1)c1ccccc1. The minimum Gasteiger partial charge on any atom is -0.315 e. The number of aromatic amines is 1. The highest BCUT2D eigenvalue weighted by Gasteiger charge is 2.17. The Morgan fingerprint density at radius 1 is 1.11 bits per heavy atom. The zero-order chi connectivity index (χ0) is 19.5. The number of para-hydroxylation sites is 2. The number of aromatic nitrogens is 4. The van der Waals surface area contributed by atoms with E-state index in [1.807, 2.05) is 60.7 Å². The minimum atomic E-state index is -0.226. The molecule has 0 saturated heterocycles. The number of nitrogens with one attached hydrogen (secondary N) is 1. The van der Waals surface area contributed by atoms with E-state index < -0.39 is 0 Å². The number of nitrogens with zero attached hydrogens (tertiary/aromatic N) is 4. The molecule has 1 N–H and O–H groups in total. The maximum absolute atomic E-state index is 13.0. The molecule has 0 bridgehead atoms. The summed E-state index contributed by atoms with van der Waals surface area (Å²) in [6.07, 6.45) is 1.47. The number of fused-ring (bicyclic) bond motifs is 1. The Labute approximate surface area is 165 Å². The van der Waals surface area contributed by atoms with Crippen molar-refractivity contribution in [3.05, 3.63) is 77.2 Å². The lowest BCUT2D eigenvalue weighted by molar-refractivity contribution is -0.115. The van der Waals surface area contributed by atoms with E-state index in [0.717, 1.165) is 5.69 Å². The zero-order valence-electron chi connectivity index (χ0n) is 15.1. The van der Waals surface area contributed by atoms with Crippen LogP contribution in [0.25, 0.3) is 16.7 Å². The van der Waals surface area contributed by atoms with Gasteiger partial charge in [-0.05, 0) is 24.3 Å². The third-order valence-corrected chi connectivity index (χ3v) is 5.23. The van der Waals surface area contributed by atoms with Crippen LogP contribution in [0.3, 0.4) is 0 Å². The Kier molecular flexibility index (Phi) is 4.94. The van der Waals surface area contributed by atoms with Crippen LogP contribution in [0.4, 0.5) is 5.69 Å². The van der Waals surface area contributed by atoms with Gasteiger partial charge in [-0.2, -0.15) is 5.10 Å². The molecule has 0 spiro atoms. The van der Waals surface area contributed by atoms with Crippen LogP contribution < -0.4 is 10.5 Å². The van der Waals surface area contributed by atoms with Crippen LogP contribution in [0.2, 0.25) is 0 Å². The Balaban J connectivity index is 1.67. The molecule has 2 heterocycles. The fourth-order valence-corrected chi connectivity index (χ4v) is 3.71. The quantitative estimate of drug-likeness (QED) is 0.418. The second-order valence-electron chi connectivity index (χ2n) is 6.08. The summed E-state index contributed by atoms with van der Waals surface area (Å²) in [4.78, 5) is 31.7. The highest BCUT2D eigenvalue weighted by atomic mass is 32.2. The van der Waals surface area contributed by atoms with E-state index in [2.05, 4.69) is 15.2 Å². The molecule has 0 saturated carbocycles. The van der Waals surface area contributed by atoms with E-state index >= 15 is 0 Å². The molecule has 8 heteroatoms. The maximum Gasteiger partial charge on any atom is 0.269 e. The van der Waals surface area contributed by atoms with Crippen molar-refractivity contribution in [2.45, 2.75) is 5.16 Å². The molecule has 7 nitrogen and oxygen atoms in total. The summed E-state index contributed by atoms with van der Waals surface area (Å²) < 4.78 is 1.51. The normalized spacial score (nSPS) is 10.9. The van der Waals surface area contributed by atoms with E-state index in [9.17, 15) is 9.59 Å². The van der Waals surface area contributed by atoms with Gasteiger partial charge in [-0.15, -0.1) is 0 Å². The Morgan fingerprint density at radius 3 is 2.50 bits per heavy atom. The predicted molar refractivity (Wildman–Crippen MR) is 110 cm³/mol. The first-order valence-electron chi connectivity index (χ1n) is 8.61. The lowest BCUT2D eigenvalue weighted by atomic mass is 10.3. The standard InChI is InChI=1S/C20H17N5O2S/c1-24(14-8-4-2-5-9-14)17(26)13-28-20-22-18-16(12-21-23-18)19(27)25(20)15-10-6-3-7-11-15/h2-12H,13H2,1H3,(H,21,23). The first-order valence-corrected chi connectivity index (χ1v) is 9.59. The van der Waals surface area contributed by atoms with Crippen molar-refractivity contribution in [3.8, 4) is 5.69 Å². The second kappa shape index (κ2) is 7.69. The van der Waals surface area contributed by atoms with E-state index in [1.165, 1.54) is 22.5 Å². The molecule has 140 valence electrons. The van der Waals surface area contributed by atoms with Gasteiger partial charge in [0.25, 0.3) is 5.56 Å². The largest absolute Gasteiger partial charge is 0.315 e. The van der Waals surface area contributed by atoms with Crippen LogP contribution in [-0.4, -0.2) is 38.5 Å². The number of benzene rings is 2. The van der Waals surface area contributed by atoms with Crippen molar-refractivity contribution in [2.75, 3.05) is 17.7 Å². The third kappa shape index (κ3) is 3.41. The van der Waals surface area contributed by atoms with Crippen LogP contribution in [0.5, 0.6) is 0 Å². The number of carbonyl (C=O) groups excluding carboxylic acids is 1. The lowest BCUT2D eigenvalue weighted by Crippen LogP contribution is -2.28. The monoisotopic (exact) mass is 391 g/mol. The molecule has 0 fully saturated rings. The van der Waals surface area contributed by atoms with Gasteiger partial charge in [-0.1, -0.05) is 48.2 Å². The molecule has 2 aromatic carbocycles. The zero-order valence-corrected chi connectivity index (χ0v) is 15.9. The minimum absolute atomic E-state index is 0.0882. The first-order chi connectivity index (χ1) is 13.6. The Bertz CT molecular complexity index is 1170. The van der Waals surface area contributed by atoms with Crippen molar-refractivity contribution >= 4 is 34.4 Å². The van der Waals surface area contributed by atoms with Crippen molar-refractivity contribution in [2.24, 2.45) is 0 Å². The maximum atomic E-state index is 13.0. The summed E-state index contributed by atoms with van der Waals surface area (Å²) in [6.45, 7) is 0. The van der Waals surface area contributed by atoms with E-state index in [0.29, 0.717) is 21.9 Å². The molecule has 0 atom stereocenters. The van der Waals surface area contributed by atoms with Crippen LogP contribution in [0.15, 0.2) is 76.8 Å². The van der Waals surface area contributed by atoms with Crippen molar-refractivity contribution < 1.29 is 4.79 Å². The topological polar surface area (TPSA) is 83.9 Å². The summed E-state index contributed by atoms with van der Waals surface area (Å²) in [5, 5.41) is 7.49. The summed E-state index contributed by atoms with van der Waals surface area (Å²) in [6, 6.07) is 18.7. The molecule has 0 aliphatic heterocycles. The molecule has 1 amide bonds. The van der Waals surface area contributed by atoms with Crippen LogP contribution in [0, 0.1) is 0 Å². The number of thioether (sulfide) groups is 1. The van der Waals surface area contributed by atoms with Crippen LogP contribution in [-0.2, 0) is 4.79 Å². The Morgan fingerprint density at radius 2 is 1.79 bits per heavy atom. The van der Waals surface area contributed by atoms with Crippen LogP contribution >= 0.6 is 11.8 Å². The average molecular weight is 391 g/mol. The van der Waals surface area contributed by atoms with Crippen molar-refractivity contribution in [1.82, 2.24) is 19.7 Å². The van der Waals surface area contributed by atoms with Gasteiger partial charge in [0.05, 0.1) is 17.6 Å². The van der Waals surface area contributed by atoms with Crippen molar-refractivity contribution in [3.63, 3.8) is 0 Å². The highest BCUT2D eigenvalue weighted by Crippen LogP contribution is 2.22. The highest BCUT2D eigenvalue weighted by molar-refractivity contribution is 7.99. The van der Waals surface area contributed by atoms with Gasteiger partial charge in [0.1, 0.15) is 5.39 Å². The number of hydrogen-bond acceptors (Lipinski definition) is 5. The summed E-state index contributed by atoms with van der Waals surface area (Å²) in [5.74, 6) is 0.0550. The number of hydrogen-bond donors (Lipinski definition) is 1. The van der Waals surface area contributed by atoms with Gasteiger partial charge in [0.15, 0.2) is 10.8 Å². The number of rotatable bonds is 5. The fourth-order valence-electron chi connectivity index (χ4n) is 2.79. The molecule has 0 unspecified atom stereocenters. The number of H-pyrrole nitrogens is 1. The number of amides is 1. The number of carbonyl (C=O) groups is 1.